The summed E-state index contributed by atoms with van der Waals surface area (Å²) in [6.07, 6.45) is -0.00755. The number of alkyl halides is 1. The molecule has 0 N–H and O–H groups in total. The lowest BCUT2D eigenvalue weighted by Crippen LogP contribution is -2.07. The highest BCUT2D eigenvalue weighted by Crippen LogP contribution is 2.29. The van der Waals surface area contributed by atoms with Gasteiger partial charge in [-0.15, -0.1) is 0 Å². The second-order valence-electron chi connectivity index (χ2n) is 4.07. The summed E-state index contributed by atoms with van der Waals surface area (Å²) in [4.78, 5) is 0. The second-order valence-corrected chi connectivity index (χ2v) is 5.98. The lowest BCUT2D eigenvalue weighted by molar-refractivity contribution is 0.0562. The minimum Gasteiger partial charge on any atom is -0.368 e. The van der Waals surface area contributed by atoms with Crippen molar-refractivity contribution in [2.45, 2.75) is 12.7 Å². The molecule has 0 fully saturated rings. The maximum Gasteiger partial charge on any atom is 0.0937 e. The van der Waals surface area contributed by atoms with E-state index >= 15 is 0 Å². The Bertz CT molecular complexity index is 545. The highest BCUT2D eigenvalue weighted by Gasteiger charge is 2.14. The van der Waals surface area contributed by atoms with Crippen LogP contribution in [0.1, 0.15) is 17.2 Å². The topological polar surface area (TPSA) is 9.23 Å². The number of halogens is 3. The SMILES string of the molecule is Clc1ccccc1COC(CBr)c1ccccc1Br. The molecule has 4 heteroatoms. The highest BCUT2D eigenvalue weighted by atomic mass is 79.9. The molecule has 1 nitrogen and oxygen atoms in total. The quantitative estimate of drug-likeness (QED) is 0.576. The van der Waals surface area contributed by atoms with Crippen LogP contribution in [0.5, 0.6) is 0 Å². The number of ether oxygens (including phenoxy) is 1. The van der Waals surface area contributed by atoms with Crippen LogP contribution in [0.4, 0.5) is 0 Å². The van der Waals surface area contributed by atoms with Crippen molar-refractivity contribution in [3.05, 3.63) is 69.2 Å². The van der Waals surface area contributed by atoms with Gasteiger partial charge in [0.05, 0.1) is 12.7 Å². The molecule has 19 heavy (non-hydrogen) atoms. The summed E-state index contributed by atoms with van der Waals surface area (Å²) >= 11 is 13.2. The van der Waals surface area contributed by atoms with Crippen LogP contribution >= 0.6 is 43.5 Å². The van der Waals surface area contributed by atoms with Crippen LogP contribution in [0.25, 0.3) is 0 Å². The number of rotatable bonds is 5. The number of hydrogen-bond acceptors (Lipinski definition) is 1. The molecule has 0 bridgehead atoms. The van der Waals surface area contributed by atoms with Gasteiger partial charge in [-0.1, -0.05) is 79.9 Å². The Morgan fingerprint density at radius 1 is 1.05 bits per heavy atom. The first-order chi connectivity index (χ1) is 9.22. The molecule has 1 atom stereocenters. The van der Waals surface area contributed by atoms with Crippen molar-refractivity contribution in [3.8, 4) is 0 Å². The van der Waals surface area contributed by atoms with Gasteiger partial charge >= 0.3 is 0 Å². The maximum atomic E-state index is 6.13. The Morgan fingerprint density at radius 3 is 2.42 bits per heavy atom. The lowest BCUT2D eigenvalue weighted by atomic mass is 10.1. The first-order valence-electron chi connectivity index (χ1n) is 5.87. The van der Waals surface area contributed by atoms with Crippen molar-refractivity contribution >= 4 is 43.5 Å². The molecule has 0 saturated carbocycles. The largest absolute Gasteiger partial charge is 0.368 e. The first kappa shape index (κ1) is 15.0. The van der Waals surface area contributed by atoms with Crippen molar-refractivity contribution in [1.29, 1.82) is 0 Å². The van der Waals surface area contributed by atoms with E-state index < -0.39 is 0 Å². The van der Waals surface area contributed by atoms with Gasteiger partial charge in [0.2, 0.25) is 0 Å². The molecule has 0 amide bonds. The smallest absolute Gasteiger partial charge is 0.0937 e. The van der Waals surface area contributed by atoms with Gasteiger partial charge in [-0.25, -0.2) is 0 Å². The average molecular weight is 405 g/mol. The summed E-state index contributed by atoms with van der Waals surface area (Å²) in [5.74, 6) is 0. The number of benzene rings is 2. The molecule has 1 unspecified atom stereocenters. The van der Waals surface area contributed by atoms with E-state index in [1.54, 1.807) is 0 Å². The zero-order valence-electron chi connectivity index (χ0n) is 10.2. The Kier molecular flexibility index (Phi) is 5.89. The lowest BCUT2D eigenvalue weighted by Gasteiger charge is -2.17. The van der Waals surface area contributed by atoms with Crippen molar-refractivity contribution in [1.82, 2.24) is 0 Å². The van der Waals surface area contributed by atoms with Gasteiger partial charge in [0.1, 0.15) is 0 Å². The third-order valence-corrected chi connectivity index (χ3v) is 4.47. The molecule has 0 aromatic heterocycles. The van der Waals surface area contributed by atoms with Gasteiger partial charge < -0.3 is 4.74 Å². The minimum atomic E-state index is -0.00755. The van der Waals surface area contributed by atoms with Crippen LogP contribution in [0, 0.1) is 0 Å². The zero-order chi connectivity index (χ0) is 13.7. The summed E-state index contributed by atoms with van der Waals surface area (Å²) in [5, 5.41) is 1.48. The molecule has 2 aromatic carbocycles. The molecule has 0 spiro atoms. The van der Waals surface area contributed by atoms with Crippen LogP contribution in [-0.4, -0.2) is 5.33 Å². The summed E-state index contributed by atoms with van der Waals surface area (Å²) in [6, 6.07) is 15.8. The zero-order valence-corrected chi connectivity index (χ0v) is 14.1. The van der Waals surface area contributed by atoms with Gasteiger partial charge in [-0.05, 0) is 23.3 Å². The molecular formula is C15H13Br2ClO. The summed E-state index contributed by atoms with van der Waals surface area (Å²) in [5.41, 5.74) is 2.13. The average Bonchev–Trinajstić information content (AvgIpc) is 2.43. The molecule has 2 aromatic rings. The molecule has 0 aliphatic heterocycles. The van der Waals surface area contributed by atoms with Gasteiger partial charge in [0.25, 0.3) is 0 Å². The molecule has 0 heterocycles. The number of hydrogen-bond donors (Lipinski definition) is 0. The van der Waals surface area contributed by atoms with Gasteiger partial charge in [0.15, 0.2) is 0 Å². The third kappa shape index (κ3) is 4.06. The molecule has 100 valence electrons. The van der Waals surface area contributed by atoms with Gasteiger partial charge in [0, 0.05) is 14.8 Å². The highest BCUT2D eigenvalue weighted by molar-refractivity contribution is 9.10. The maximum absolute atomic E-state index is 6.13. The van der Waals surface area contributed by atoms with E-state index in [4.69, 9.17) is 16.3 Å². The van der Waals surface area contributed by atoms with Crippen LogP contribution in [0.3, 0.4) is 0 Å². The van der Waals surface area contributed by atoms with Crippen molar-refractivity contribution < 1.29 is 4.74 Å². The van der Waals surface area contributed by atoms with E-state index in [9.17, 15) is 0 Å². The molecule has 0 radical (unpaired) electrons. The van der Waals surface area contributed by atoms with E-state index in [0.717, 1.165) is 26.0 Å². The Balaban J connectivity index is 2.09. The predicted molar refractivity (Wildman–Crippen MR) is 86.9 cm³/mol. The van der Waals surface area contributed by atoms with Gasteiger partial charge in [-0.2, -0.15) is 0 Å². The fourth-order valence-electron chi connectivity index (χ4n) is 1.76. The van der Waals surface area contributed by atoms with E-state index in [-0.39, 0.29) is 6.10 Å². The predicted octanol–water partition coefficient (Wildman–Crippen LogP) is 5.76. The summed E-state index contributed by atoms with van der Waals surface area (Å²) in [7, 11) is 0. The first-order valence-corrected chi connectivity index (χ1v) is 8.17. The van der Waals surface area contributed by atoms with Crippen LogP contribution in [-0.2, 0) is 11.3 Å². The molecule has 0 aliphatic rings. The van der Waals surface area contributed by atoms with E-state index in [1.165, 1.54) is 0 Å². The third-order valence-electron chi connectivity index (χ3n) is 2.79. The van der Waals surface area contributed by atoms with E-state index in [2.05, 4.69) is 37.9 Å². The van der Waals surface area contributed by atoms with Crippen molar-refractivity contribution in [2.24, 2.45) is 0 Å². The summed E-state index contributed by atoms with van der Waals surface area (Å²) < 4.78 is 7.02. The fourth-order valence-corrected chi connectivity index (χ4v) is 3.03. The van der Waals surface area contributed by atoms with Crippen LogP contribution in [0.15, 0.2) is 53.0 Å². The van der Waals surface area contributed by atoms with Crippen molar-refractivity contribution in [2.75, 3.05) is 5.33 Å². The van der Waals surface area contributed by atoms with Gasteiger partial charge in [-0.3, -0.25) is 0 Å². The van der Waals surface area contributed by atoms with Crippen LogP contribution in [0.2, 0.25) is 5.02 Å². The molecular weight excluding hydrogens is 391 g/mol. The molecule has 0 saturated heterocycles. The minimum absolute atomic E-state index is 0.00755. The Hall–Kier alpha value is -0.350. The fraction of sp³-hybridized carbons (Fsp3) is 0.200. The van der Waals surface area contributed by atoms with Crippen molar-refractivity contribution in [3.63, 3.8) is 0 Å². The second kappa shape index (κ2) is 7.44. The standard InChI is InChI=1S/C15H13Br2ClO/c16-9-15(12-6-2-3-7-13(12)17)19-10-11-5-1-4-8-14(11)18/h1-8,15H,9-10H2. The summed E-state index contributed by atoms with van der Waals surface area (Å²) in [6.45, 7) is 0.497. The normalized spacial score (nSPS) is 12.4. The Morgan fingerprint density at radius 2 is 1.74 bits per heavy atom. The molecule has 0 aliphatic carbocycles. The Labute approximate surface area is 135 Å². The molecule has 2 rings (SSSR count). The monoisotopic (exact) mass is 402 g/mol. The van der Waals surface area contributed by atoms with E-state index in [0.29, 0.717) is 6.61 Å². The van der Waals surface area contributed by atoms with E-state index in [1.807, 2.05) is 42.5 Å². The van der Waals surface area contributed by atoms with Crippen LogP contribution < -0.4 is 0 Å².